The summed E-state index contributed by atoms with van der Waals surface area (Å²) in [6, 6.07) is 17.0. The maximum Gasteiger partial charge on any atom is 0.229 e. The lowest BCUT2D eigenvalue weighted by Crippen LogP contribution is -2.30. The number of carbonyl (C=O) groups is 2. The van der Waals surface area contributed by atoms with E-state index in [1.54, 1.807) is 17.0 Å². The van der Waals surface area contributed by atoms with Gasteiger partial charge in [0.1, 0.15) is 6.33 Å². The fourth-order valence-electron chi connectivity index (χ4n) is 3.41. The van der Waals surface area contributed by atoms with Gasteiger partial charge in [-0.05, 0) is 47.2 Å². The fraction of sp³-hybridized carbons (Fsp3) is 0.250. The van der Waals surface area contributed by atoms with Gasteiger partial charge in [-0.2, -0.15) is 0 Å². The third-order valence-electron chi connectivity index (χ3n) is 5.03. The number of nitrogens with zero attached hydrogens (tertiary/aromatic N) is 5. The molecule has 28 heavy (non-hydrogen) atoms. The van der Waals surface area contributed by atoms with Crippen LogP contribution in [-0.2, 0) is 9.59 Å². The van der Waals surface area contributed by atoms with Gasteiger partial charge in [-0.3, -0.25) is 9.59 Å². The van der Waals surface area contributed by atoms with Crippen molar-refractivity contribution in [3.05, 3.63) is 66.5 Å². The molecular weight excluding hydrogens is 356 g/mol. The first-order chi connectivity index (χ1) is 13.6. The quantitative estimate of drug-likeness (QED) is 0.737. The summed E-state index contributed by atoms with van der Waals surface area (Å²) in [5.74, 6) is -0.505. The zero-order chi connectivity index (χ0) is 19.5. The molecule has 1 aliphatic heterocycles. The van der Waals surface area contributed by atoms with Gasteiger partial charge in [-0.25, -0.2) is 4.68 Å². The Morgan fingerprint density at radius 1 is 1.14 bits per heavy atom. The van der Waals surface area contributed by atoms with Crippen LogP contribution in [0.25, 0.3) is 5.69 Å². The molecule has 4 rings (SSSR count). The molecule has 1 aliphatic rings. The first kappa shape index (κ1) is 17.8. The minimum absolute atomic E-state index is 0.00512. The number of aromatic nitrogens is 4. The molecule has 2 heterocycles. The summed E-state index contributed by atoms with van der Waals surface area (Å²) in [7, 11) is 0. The minimum Gasteiger partial charge on any atom is -0.335 e. The second-order valence-electron chi connectivity index (χ2n) is 6.82. The van der Waals surface area contributed by atoms with E-state index in [1.165, 1.54) is 11.0 Å². The molecule has 142 valence electrons. The van der Waals surface area contributed by atoms with Gasteiger partial charge in [0.2, 0.25) is 11.8 Å². The smallest absolute Gasteiger partial charge is 0.229 e. The predicted molar refractivity (Wildman–Crippen MR) is 102 cm³/mol. The van der Waals surface area contributed by atoms with Crippen LogP contribution in [0, 0.1) is 5.92 Å². The molecule has 0 unspecified atom stereocenters. The summed E-state index contributed by atoms with van der Waals surface area (Å²) >= 11 is 0. The fourth-order valence-corrected chi connectivity index (χ4v) is 3.41. The Morgan fingerprint density at radius 2 is 1.89 bits per heavy atom. The number of likely N-dealkylation sites (tertiary alicyclic amines) is 1. The summed E-state index contributed by atoms with van der Waals surface area (Å²) in [5, 5.41) is 13.9. The van der Waals surface area contributed by atoms with Crippen LogP contribution in [0.5, 0.6) is 0 Å². The van der Waals surface area contributed by atoms with Crippen LogP contribution in [0.3, 0.4) is 0 Å². The van der Waals surface area contributed by atoms with Gasteiger partial charge in [-0.15, -0.1) is 5.10 Å². The average molecular weight is 376 g/mol. The molecule has 1 saturated heterocycles. The Labute approximate surface area is 162 Å². The van der Waals surface area contributed by atoms with Gasteiger partial charge >= 0.3 is 0 Å². The zero-order valence-corrected chi connectivity index (χ0v) is 15.4. The van der Waals surface area contributed by atoms with Crippen molar-refractivity contribution in [2.45, 2.75) is 19.4 Å². The Hall–Kier alpha value is -3.55. The molecule has 0 radical (unpaired) electrons. The standard InChI is InChI=1S/C20H20N6O2/c1-14(15-5-3-2-4-6-15)25-12-16(11-19(25)27)20(28)22-17-7-9-18(10-8-17)26-13-21-23-24-26/h2-10,13-14,16H,11-12H2,1H3,(H,22,28)/t14-,16+/m0/s1. The minimum atomic E-state index is -0.363. The zero-order valence-electron chi connectivity index (χ0n) is 15.4. The van der Waals surface area contributed by atoms with Gasteiger partial charge in [0.15, 0.2) is 0 Å². The number of tetrazole rings is 1. The Balaban J connectivity index is 1.39. The highest BCUT2D eigenvalue weighted by Gasteiger charge is 2.37. The van der Waals surface area contributed by atoms with E-state index < -0.39 is 0 Å². The number of benzene rings is 2. The van der Waals surface area contributed by atoms with Crippen molar-refractivity contribution >= 4 is 17.5 Å². The van der Waals surface area contributed by atoms with Crippen LogP contribution in [0.2, 0.25) is 0 Å². The molecule has 3 aromatic rings. The molecule has 8 nitrogen and oxygen atoms in total. The van der Waals surface area contributed by atoms with Crippen molar-refractivity contribution in [2.75, 3.05) is 11.9 Å². The van der Waals surface area contributed by atoms with Crippen LogP contribution in [0.15, 0.2) is 60.9 Å². The molecule has 1 fully saturated rings. The Bertz CT molecular complexity index is 956. The van der Waals surface area contributed by atoms with Crippen LogP contribution in [0.1, 0.15) is 24.9 Å². The largest absolute Gasteiger partial charge is 0.335 e. The number of anilines is 1. The van der Waals surface area contributed by atoms with Gasteiger partial charge in [0.25, 0.3) is 0 Å². The first-order valence-corrected chi connectivity index (χ1v) is 9.10. The molecule has 1 aromatic heterocycles. The number of amides is 2. The molecule has 2 atom stereocenters. The molecule has 0 aliphatic carbocycles. The molecule has 0 spiro atoms. The maximum atomic E-state index is 12.7. The number of hydrogen-bond donors (Lipinski definition) is 1. The maximum absolute atomic E-state index is 12.7. The molecule has 0 saturated carbocycles. The summed E-state index contributed by atoms with van der Waals surface area (Å²) < 4.78 is 1.53. The van der Waals surface area contributed by atoms with Crippen LogP contribution in [-0.4, -0.2) is 43.5 Å². The van der Waals surface area contributed by atoms with E-state index >= 15 is 0 Å². The van der Waals surface area contributed by atoms with Gasteiger partial charge in [0.05, 0.1) is 17.6 Å². The number of rotatable bonds is 5. The van der Waals surface area contributed by atoms with E-state index in [2.05, 4.69) is 20.8 Å². The van der Waals surface area contributed by atoms with Gasteiger partial charge in [0, 0.05) is 18.7 Å². The van der Waals surface area contributed by atoms with E-state index in [0.29, 0.717) is 12.2 Å². The molecule has 2 aromatic carbocycles. The van der Waals surface area contributed by atoms with E-state index in [4.69, 9.17) is 0 Å². The number of carbonyl (C=O) groups excluding carboxylic acids is 2. The molecule has 2 amide bonds. The Kier molecular flexibility index (Phi) is 4.84. The topological polar surface area (TPSA) is 93.0 Å². The third-order valence-corrected chi connectivity index (χ3v) is 5.03. The number of hydrogen-bond acceptors (Lipinski definition) is 5. The third kappa shape index (κ3) is 3.62. The molecule has 1 N–H and O–H groups in total. The second kappa shape index (κ2) is 7.59. The lowest BCUT2D eigenvalue weighted by molar-refractivity contribution is -0.129. The van der Waals surface area contributed by atoms with Gasteiger partial charge < -0.3 is 10.2 Å². The van der Waals surface area contributed by atoms with E-state index in [-0.39, 0.29) is 30.2 Å². The summed E-state index contributed by atoms with van der Waals surface area (Å²) in [6.07, 6.45) is 1.73. The normalized spacial score (nSPS) is 17.5. The van der Waals surface area contributed by atoms with E-state index in [1.807, 2.05) is 49.4 Å². The predicted octanol–water partition coefficient (Wildman–Crippen LogP) is 2.21. The molecule has 0 bridgehead atoms. The average Bonchev–Trinajstić information content (AvgIpc) is 3.39. The van der Waals surface area contributed by atoms with Crippen molar-refractivity contribution in [1.82, 2.24) is 25.1 Å². The molecular formula is C20H20N6O2. The summed E-state index contributed by atoms with van der Waals surface area (Å²) in [4.78, 5) is 26.9. The van der Waals surface area contributed by atoms with Crippen LogP contribution in [0.4, 0.5) is 5.69 Å². The van der Waals surface area contributed by atoms with Crippen molar-refractivity contribution in [2.24, 2.45) is 5.92 Å². The Morgan fingerprint density at radius 3 is 2.57 bits per heavy atom. The highest BCUT2D eigenvalue weighted by molar-refractivity contribution is 5.97. The van der Waals surface area contributed by atoms with Crippen molar-refractivity contribution in [3.63, 3.8) is 0 Å². The lowest BCUT2D eigenvalue weighted by Gasteiger charge is -2.25. The van der Waals surface area contributed by atoms with Crippen LogP contribution < -0.4 is 5.32 Å². The lowest BCUT2D eigenvalue weighted by atomic mass is 10.1. The summed E-state index contributed by atoms with van der Waals surface area (Å²) in [6.45, 7) is 2.41. The van der Waals surface area contributed by atoms with Crippen molar-refractivity contribution in [3.8, 4) is 5.69 Å². The van der Waals surface area contributed by atoms with Gasteiger partial charge in [-0.1, -0.05) is 30.3 Å². The monoisotopic (exact) mass is 376 g/mol. The highest BCUT2D eigenvalue weighted by Crippen LogP contribution is 2.29. The summed E-state index contributed by atoms with van der Waals surface area (Å²) in [5.41, 5.74) is 2.53. The van der Waals surface area contributed by atoms with Crippen molar-refractivity contribution < 1.29 is 9.59 Å². The molecule has 8 heteroatoms. The van der Waals surface area contributed by atoms with Crippen molar-refractivity contribution in [1.29, 1.82) is 0 Å². The second-order valence-corrected chi connectivity index (χ2v) is 6.82. The SMILES string of the molecule is C[C@@H](c1ccccc1)N1C[C@H](C(=O)Nc2ccc(-n3cnnn3)cc2)CC1=O. The highest BCUT2D eigenvalue weighted by atomic mass is 16.2. The van der Waals surface area contributed by atoms with E-state index in [0.717, 1.165) is 11.3 Å². The van der Waals surface area contributed by atoms with Crippen LogP contribution >= 0.6 is 0 Å². The number of nitrogens with one attached hydrogen (secondary N) is 1. The first-order valence-electron chi connectivity index (χ1n) is 9.10. The van der Waals surface area contributed by atoms with E-state index in [9.17, 15) is 9.59 Å².